The number of rotatable bonds is 5. The van der Waals surface area contributed by atoms with E-state index in [4.69, 9.17) is 9.47 Å². The molecule has 0 spiro atoms. The maximum atomic E-state index is 15.0. The fourth-order valence-electron chi connectivity index (χ4n) is 3.98. The number of amides is 3. The van der Waals surface area contributed by atoms with Crippen LogP contribution in [0.5, 0.6) is 0 Å². The van der Waals surface area contributed by atoms with E-state index in [0.29, 0.717) is 43.0 Å². The van der Waals surface area contributed by atoms with E-state index < -0.39 is 18.0 Å². The number of halogens is 1. The first-order chi connectivity index (χ1) is 16.4. The summed E-state index contributed by atoms with van der Waals surface area (Å²) >= 11 is 0. The first-order valence-electron chi connectivity index (χ1n) is 10.9. The van der Waals surface area contributed by atoms with E-state index in [0.717, 1.165) is 5.82 Å². The maximum absolute atomic E-state index is 15.0. The molecule has 2 aliphatic rings. The van der Waals surface area contributed by atoms with Crippen LogP contribution in [0.15, 0.2) is 36.5 Å². The zero-order valence-electron chi connectivity index (χ0n) is 19.0. The van der Waals surface area contributed by atoms with Crippen LogP contribution in [0, 0.1) is 5.82 Å². The van der Waals surface area contributed by atoms with Gasteiger partial charge in [-0.3, -0.25) is 9.69 Å². The molecule has 0 bridgehead atoms. The number of benzene rings is 1. The average Bonchev–Trinajstić information content (AvgIpc) is 3.23. The predicted octanol–water partition coefficient (Wildman–Crippen LogP) is 2.24. The van der Waals surface area contributed by atoms with Gasteiger partial charge in [0.2, 0.25) is 5.91 Å². The number of ether oxygens (including phenoxy) is 2. The number of aromatic nitrogens is 1. The van der Waals surface area contributed by atoms with Gasteiger partial charge in [-0.15, -0.1) is 0 Å². The van der Waals surface area contributed by atoms with Gasteiger partial charge in [0.05, 0.1) is 25.9 Å². The van der Waals surface area contributed by atoms with Crippen LogP contribution in [-0.4, -0.2) is 80.5 Å². The molecular weight excluding hydrogens is 445 g/mol. The molecule has 3 heterocycles. The summed E-state index contributed by atoms with van der Waals surface area (Å²) in [6.07, 6.45) is 0.187. The molecule has 2 fully saturated rings. The number of cyclic esters (lactones) is 1. The van der Waals surface area contributed by atoms with Crippen molar-refractivity contribution in [2.24, 2.45) is 0 Å². The van der Waals surface area contributed by atoms with Crippen LogP contribution < -0.4 is 15.1 Å². The van der Waals surface area contributed by atoms with E-state index in [1.54, 1.807) is 29.3 Å². The highest BCUT2D eigenvalue weighted by molar-refractivity contribution is 5.90. The number of methoxy groups -OCH3 is 1. The number of pyridine rings is 1. The quantitative estimate of drug-likeness (QED) is 0.713. The summed E-state index contributed by atoms with van der Waals surface area (Å²) in [5, 5.41) is 2.61. The first kappa shape index (κ1) is 23.3. The first-order valence-corrected chi connectivity index (χ1v) is 10.9. The standard InChI is InChI=1S/C23H26FN5O5/c1-15(30)25-13-18-14-29(23(32)34-18)17-4-5-19(20(24)11-17)16-3-6-21(26-12-16)27-7-9-28(10-8-27)22(31)33-2/h3-6,11-12,18H,7-10,13-14H2,1-2H3,(H,25,30)/t18-/m0/s1. The molecule has 3 amide bonds. The third-order valence-corrected chi connectivity index (χ3v) is 5.81. The largest absolute Gasteiger partial charge is 0.453 e. The van der Waals surface area contributed by atoms with E-state index >= 15 is 0 Å². The Bertz CT molecular complexity index is 1070. The Labute approximate surface area is 196 Å². The second-order valence-electron chi connectivity index (χ2n) is 8.07. The molecule has 10 nitrogen and oxygen atoms in total. The minimum atomic E-state index is -0.583. The Balaban J connectivity index is 1.41. The van der Waals surface area contributed by atoms with Crippen molar-refractivity contribution in [1.82, 2.24) is 15.2 Å². The molecule has 180 valence electrons. The summed E-state index contributed by atoms with van der Waals surface area (Å²) in [5.74, 6) is 0.0418. The minimum absolute atomic E-state index is 0.202. The Kier molecular flexibility index (Phi) is 6.80. The molecule has 2 aliphatic heterocycles. The molecule has 1 aromatic heterocycles. The molecule has 0 aliphatic carbocycles. The van der Waals surface area contributed by atoms with Crippen molar-refractivity contribution >= 4 is 29.6 Å². The van der Waals surface area contributed by atoms with E-state index in [-0.39, 0.29) is 25.1 Å². The van der Waals surface area contributed by atoms with Gasteiger partial charge in [-0.05, 0) is 30.3 Å². The van der Waals surface area contributed by atoms with Gasteiger partial charge in [0.1, 0.15) is 17.7 Å². The molecule has 4 rings (SSSR count). The molecule has 1 aromatic carbocycles. The van der Waals surface area contributed by atoms with Crippen molar-refractivity contribution in [3.8, 4) is 11.1 Å². The molecule has 0 unspecified atom stereocenters. The fourth-order valence-corrected chi connectivity index (χ4v) is 3.98. The van der Waals surface area contributed by atoms with Crippen LogP contribution in [0.2, 0.25) is 0 Å². The van der Waals surface area contributed by atoms with Crippen LogP contribution >= 0.6 is 0 Å². The number of anilines is 2. The summed E-state index contributed by atoms with van der Waals surface area (Å²) in [6.45, 7) is 4.13. The molecule has 0 radical (unpaired) electrons. The van der Waals surface area contributed by atoms with Crippen LogP contribution in [0.25, 0.3) is 11.1 Å². The summed E-state index contributed by atoms with van der Waals surface area (Å²) in [4.78, 5) is 44.4. The van der Waals surface area contributed by atoms with Crippen molar-refractivity contribution in [1.29, 1.82) is 0 Å². The van der Waals surface area contributed by atoms with Crippen molar-refractivity contribution < 1.29 is 28.2 Å². The topological polar surface area (TPSA) is 104 Å². The normalized spacial score (nSPS) is 18.0. The van der Waals surface area contributed by atoms with Crippen LogP contribution in [0.1, 0.15) is 6.92 Å². The van der Waals surface area contributed by atoms with E-state index in [1.807, 2.05) is 6.07 Å². The molecule has 11 heteroatoms. The zero-order chi connectivity index (χ0) is 24.2. The van der Waals surface area contributed by atoms with Gasteiger partial charge in [0.25, 0.3) is 0 Å². The predicted molar refractivity (Wildman–Crippen MR) is 122 cm³/mol. The summed E-state index contributed by atoms with van der Waals surface area (Å²) in [6, 6.07) is 8.16. The number of hydrogen-bond donors (Lipinski definition) is 1. The lowest BCUT2D eigenvalue weighted by Crippen LogP contribution is -2.49. The van der Waals surface area contributed by atoms with E-state index in [2.05, 4.69) is 15.2 Å². The number of piperazine rings is 1. The van der Waals surface area contributed by atoms with Gasteiger partial charge < -0.3 is 24.6 Å². The van der Waals surface area contributed by atoms with Crippen LogP contribution in [0.3, 0.4) is 0 Å². The van der Waals surface area contributed by atoms with E-state index in [9.17, 15) is 18.8 Å². The third-order valence-electron chi connectivity index (χ3n) is 5.81. The maximum Gasteiger partial charge on any atom is 0.414 e. The van der Waals surface area contributed by atoms with Crippen molar-refractivity contribution in [2.75, 3.05) is 56.2 Å². The molecule has 0 saturated carbocycles. The monoisotopic (exact) mass is 471 g/mol. The Morgan fingerprint density at radius 1 is 1.21 bits per heavy atom. The van der Waals surface area contributed by atoms with Crippen LogP contribution in [0.4, 0.5) is 25.5 Å². The van der Waals surface area contributed by atoms with Gasteiger partial charge in [0, 0.05) is 50.4 Å². The average molecular weight is 471 g/mol. The number of nitrogens with one attached hydrogen (secondary N) is 1. The number of hydrogen-bond acceptors (Lipinski definition) is 7. The molecule has 2 saturated heterocycles. The molecule has 1 atom stereocenters. The van der Waals surface area contributed by atoms with Gasteiger partial charge in [0.15, 0.2) is 0 Å². The lowest BCUT2D eigenvalue weighted by Gasteiger charge is -2.34. The SMILES string of the molecule is COC(=O)N1CCN(c2ccc(-c3ccc(N4C[C@H](CNC(C)=O)OC4=O)cc3F)cn2)CC1. The lowest BCUT2D eigenvalue weighted by atomic mass is 10.1. The Hall–Kier alpha value is -3.89. The smallest absolute Gasteiger partial charge is 0.414 e. The summed E-state index contributed by atoms with van der Waals surface area (Å²) in [7, 11) is 1.36. The number of carbonyl (C=O) groups is 3. The van der Waals surface area contributed by atoms with Crippen molar-refractivity contribution in [3.63, 3.8) is 0 Å². The third kappa shape index (κ3) is 5.03. The summed E-state index contributed by atoms with van der Waals surface area (Å²) < 4.78 is 24.9. The molecule has 1 N–H and O–H groups in total. The Morgan fingerprint density at radius 3 is 2.59 bits per heavy atom. The second kappa shape index (κ2) is 9.94. The molecular formula is C23H26FN5O5. The Morgan fingerprint density at radius 2 is 1.97 bits per heavy atom. The number of nitrogens with zero attached hydrogens (tertiary/aromatic N) is 4. The molecule has 2 aromatic rings. The highest BCUT2D eigenvalue weighted by Gasteiger charge is 2.32. The van der Waals surface area contributed by atoms with Gasteiger partial charge in [-0.1, -0.05) is 0 Å². The highest BCUT2D eigenvalue weighted by atomic mass is 19.1. The second-order valence-corrected chi connectivity index (χ2v) is 8.07. The minimum Gasteiger partial charge on any atom is -0.453 e. The highest BCUT2D eigenvalue weighted by Crippen LogP contribution is 2.29. The van der Waals surface area contributed by atoms with Crippen molar-refractivity contribution in [2.45, 2.75) is 13.0 Å². The molecule has 34 heavy (non-hydrogen) atoms. The van der Waals surface area contributed by atoms with Crippen LogP contribution in [-0.2, 0) is 14.3 Å². The van der Waals surface area contributed by atoms with Gasteiger partial charge >= 0.3 is 12.2 Å². The van der Waals surface area contributed by atoms with Gasteiger partial charge in [-0.25, -0.2) is 19.0 Å². The summed E-state index contributed by atoms with van der Waals surface area (Å²) in [5.41, 5.74) is 1.35. The van der Waals surface area contributed by atoms with Gasteiger partial charge in [-0.2, -0.15) is 0 Å². The fraction of sp³-hybridized carbons (Fsp3) is 0.391. The lowest BCUT2D eigenvalue weighted by molar-refractivity contribution is -0.119. The van der Waals surface area contributed by atoms with Crippen molar-refractivity contribution in [3.05, 3.63) is 42.3 Å². The zero-order valence-corrected chi connectivity index (χ0v) is 19.0. The number of carbonyl (C=O) groups excluding carboxylic acids is 3. The van der Waals surface area contributed by atoms with E-state index in [1.165, 1.54) is 25.0 Å².